The molecular weight excluding hydrogens is 443 g/mol. The Morgan fingerprint density at radius 3 is 2.62 bits per heavy atom. The van der Waals surface area contributed by atoms with Crippen molar-refractivity contribution < 1.29 is 13.2 Å². The van der Waals surface area contributed by atoms with Crippen LogP contribution in [0.2, 0.25) is 0 Å². The van der Waals surface area contributed by atoms with Gasteiger partial charge in [0.15, 0.2) is 0 Å². The molecule has 5 rings (SSSR count). The van der Waals surface area contributed by atoms with E-state index in [2.05, 4.69) is 10.1 Å². The van der Waals surface area contributed by atoms with Gasteiger partial charge in [0.1, 0.15) is 5.82 Å². The fraction of sp³-hybridized carbons (Fsp3) is 0.320. The van der Waals surface area contributed by atoms with Crippen molar-refractivity contribution in [2.75, 3.05) is 5.73 Å². The van der Waals surface area contributed by atoms with Gasteiger partial charge in [-0.15, -0.1) is 0 Å². The van der Waals surface area contributed by atoms with Crippen LogP contribution in [0.1, 0.15) is 48.7 Å². The second-order valence-corrected chi connectivity index (χ2v) is 8.98. The molecule has 1 aliphatic rings. The number of hydrogen-bond acceptors (Lipinski definition) is 4. The SMILES string of the molecule is C[C@H](Cc1nc(N)ccc1C(F)(F)F)c1cc2cccc(-c3cnn(C)c3)c2c(=O)n1C1CC1. The highest BCUT2D eigenvalue weighted by Crippen LogP contribution is 2.39. The highest BCUT2D eigenvalue weighted by molar-refractivity contribution is 5.96. The minimum Gasteiger partial charge on any atom is -0.384 e. The van der Waals surface area contributed by atoms with Crippen LogP contribution >= 0.6 is 0 Å². The Balaban J connectivity index is 1.65. The Kier molecular flexibility index (Phi) is 5.22. The van der Waals surface area contributed by atoms with Gasteiger partial charge in [-0.1, -0.05) is 25.1 Å². The van der Waals surface area contributed by atoms with E-state index in [-0.39, 0.29) is 35.5 Å². The Morgan fingerprint density at radius 2 is 1.97 bits per heavy atom. The molecule has 176 valence electrons. The zero-order valence-electron chi connectivity index (χ0n) is 18.8. The second kappa shape index (κ2) is 8.00. The summed E-state index contributed by atoms with van der Waals surface area (Å²) >= 11 is 0. The van der Waals surface area contributed by atoms with E-state index in [1.807, 2.05) is 44.4 Å². The molecule has 2 N–H and O–H groups in total. The van der Waals surface area contributed by atoms with Crippen molar-refractivity contribution in [2.24, 2.45) is 7.05 Å². The summed E-state index contributed by atoms with van der Waals surface area (Å²) < 4.78 is 44.2. The van der Waals surface area contributed by atoms with E-state index in [0.29, 0.717) is 11.1 Å². The number of anilines is 1. The molecule has 0 amide bonds. The lowest BCUT2D eigenvalue weighted by Gasteiger charge is -2.21. The molecule has 1 saturated carbocycles. The smallest absolute Gasteiger partial charge is 0.384 e. The Labute approximate surface area is 193 Å². The van der Waals surface area contributed by atoms with Crippen molar-refractivity contribution in [3.63, 3.8) is 0 Å². The number of halogens is 3. The molecule has 0 aliphatic heterocycles. The molecule has 1 aliphatic carbocycles. The maximum absolute atomic E-state index is 13.8. The van der Waals surface area contributed by atoms with Crippen LogP contribution in [-0.2, 0) is 19.6 Å². The number of fused-ring (bicyclic) bond motifs is 1. The fourth-order valence-electron chi connectivity index (χ4n) is 4.61. The van der Waals surface area contributed by atoms with Crippen LogP contribution in [0.25, 0.3) is 21.9 Å². The Bertz CT molecular complexity index is 1450. The van der Waals surface area contributed by atoms with Gasteiger partial charge < -0.3 is 10.3 Å². The molecular formula is C25H24F3N5O. The number of benzene rings is 1. The molecule has 1 aromatic carbocycles. The number of nitrogen functional groups attached to an aromatic ring is 1. The van der Waals surface area contributed by atoms with Crippen molar-refractivity contribution in [2.45, 2.75) is 44.3 Å². The lowest BCUT2D eigenvalue weighted by molar-refractivity contribution is -0.138. The molecule has 1 atom stereocenters. The van der Waals surface area contributed by atoms with Crippen LogP contribution in [0, 0.1) is 0 Å². The van der Waals surface area contributed by atoms with Gasteiger partial charge in [0.25, 0.3) is 5.56 Å². The third-order valence-corrected chi connectivity index (χ3v) is 6.34. The van der Waals surface area contributed by atoms with Crippen molar-refractivity contribution in [3.8, 4) is 11.1 Å². The molecule has 0 unspecified atom stereocenters. The third kappa shape index (κ3) is 3.95. The first-order chi connectivity index (χ1) is 16.1. The van der Waals surface area contributed by atoms with Gasteiger partial charge in [-0.05, 0) is 48.4 Å². The first-order valence-corrected chi connectivity index (χ1v) is 11.1. The molecule has 4 aromatic rings. The van der Waals surface area contributed by atoms with Crippen LogP contribution in [0.3, 0.4) is 0 Å². The van der Waals surface area contributed by atoms with Gasteiger partial charge in [-0.2, -0.15) is 18.3 Å². The molecule has 3 aromatic heterocycles. The first-order valence-electron chi connectivity index (χ1n) is 11.1. The molecule has 9 heteroatoms. The van der Waals surface area contributed by atoms with Crippen molar-refractivity contribution >= 4 is 16.6 Å². The van der Waals surface area contributed by atoms with Crippen LogP contribution < -0.4 is 11.3 Å². The zero-order valence-corrected chi connectivity index (χ0v) is 18.8. The quantitative estimate of drug-likeness (QED) is 0.444. The summed E-state index contributed by atoms with van der Waals surface area (Å²) in [6.07, 6.45) is 0.787. The average Bonchev–Trinajstić information content (AvgIpc) is 3.51. The van der Waals surface area contributed by atoms with Crippen LogP contribution in [0.4, 0.5) is 19.0 Å². The molecule has 0 bridgehead atoms. The van der Waals surface area contributed by atoms with E-state index < -0.39 is 11.7 Å². The standard InChI is InChI=1S/C25H24F3N5O/c1-14(10-20-19(25(26,27)28)8-9-22(29)31-20)21-11-15-4-3-5-18(16-12-30-32(2)13-16)23(15)24(34)33(21)17-6-7-17/h3-5,8-9,11-14,17H,6-7,10H2,1-2H3,(H2,29,31)/t14-/m1/s1. The highest BCUT2D eigenvalue weighted by Gasteiger charge is 2.35. The number of nitrogens with two attached hydrogens (primary N) is 1. The van der Waals surface area contributed by atoms with E-state index in [4.69, 9.17) is 5.73 Å². The van der Waals surface area contributed by atoms with E-state index in [0.717, 1.165) is 41.5 Å². The normalized spacial score (nSPS) is 15.1. The summed E-state index contributed by atoms with van der Waals surface area (Å²) in [5, 5.41) is 5.57. The van der Waals surface area contributed by atoms with E-state index in [9.17, 15) is 18.0 Å². The second-order valence-electron chi connectivity index (χ2n) is 8.98. The van der Waals surface area contributed by atoms with E-state index in [1.165, 1.54) is 0 Å². The van der Waals surface area contributed by atoms with Crippen LogP contribution in [-0.4, -0.2) is 19.3 Å². The summed E-state index contributed by atoms with van der Waals surface area (Å²) in [6.45, 7) is 1.83. The van der Waals surface area contributed by atoms with E-state index in [1.54, 1.807) is 15.4 Å². The predicted molar refractivity (Wildman–Crippen MR) is 124 cm³/mol. The minimum absolute atomic E-state index is 0.0137. The predicted octanol–water partition coefficient (Wildman–Crippen LogP) is 5.08. The largest absolute Gasteiger partial charge is 0.418 e. The van der Waals surface area contributed by atoms with Crippen molar-refractivity contribution in [1.29, 1.82) is 0 Å². The molecule has 6 nitrogen and oxygen atoms in total. The maximum Gasteiger partial charge on any atom is 0.418 e. The van der Waals surface area contributed by atoms with Gasteiger partial charge in [-0.25, -0.2) is 4.98 Å². The number of nitrogens with zero attached hydrogens (tertiary/aromatic N) is 4. The summed E-state index contributed by atoms with van der Waals surface area (Å²) in [4.78, 5) is 17.8. The summed E-state index contributed by atoms with van der Waals surface area (Å²) in [5.74, 6) is -0.343. The molecule has 0 spiro atoms. The number of aromatic nitrogens is 4. The van der Waals surface area contributed by atoms with Gasteiger partial charge >= 0.3 is 6.18 Å². The van der Waals surface area contributed by atoms with E-state index >= 15 is 0 Å². The molecule has 0 saturated heterocycles. The van der Waals surface area contributed by atoms with Crippen molar-refractivity contribution in [1.82, 2.24) is 19.3 Å². The molecule has 1 fully saturated rings. The van der Waals surface area contributed by atoms with Crippen LogP contribution in [0.5, 0.6) is 0 Å². The Hall–Kier alpha value is -3.62. The Morgan fingerprint density at radius 1 is 1.21 bits per heavy atom. The van der Waals surface area contributed by atoms with Crippen molar-refractivity contribution in [3.05, 3.63) is 76.1 Å². The zero-order chi connectivity index (χ0) is 24.2. The topological polar surface area (TPSA) is 78.7 Å². The number of aryl methyl sites for hydroxylation is 1. The van der Waals surface area contributed by atoms with Gasteiger partial charge in [-0.3, -0.25) is 9.48 Å². The summed E-state index contributed by atoms with van der Waals surface area (Å²) in [5.41, 5.74) is 7.01. The average molecular weight is 467 g/mol. The van der Waals surface area contributed by atoms with Gasteiger partial charge in [0.2, 0.25) is 0 Å². The van der Waals surface area contributed by atoms with Gasteiger partial charge in [0, 0.05) is 36.5 Å². The third-order valence-electron chi connectivity index (χ3n) is 6.34. The first kappa shape index (κ1) is 22.2. The monoisotopic (exact) mass is 467 g/mol. The number of pyridine rings is 2. The van der Waals surface area contributed by atoms with Crippen LogP contribution in [0.15, 0.2) is 53.6 Å². The molecule has 3 heterocycles. The summed E-state index contributed by atoms with van der Waals surface area (Å²) in [6, 6.07) is 9.75. The number of alkyl halides is 3. The summed E-state index contributed by atoms with van der Waals surface area (Å²) in [7, 11) is 1.82. The number of hydrogen-bond donors (Lipinski definition) is 1. The lowest BCUT2D eigenvalue weighted by Crippen LogP contribution is -2.25. The minimum atomic E-state index is -4.53. The molecule has 0 radical (unpaired) electrons. The number of rotatable bonds is 5. The maximum atomic E-state index is 13.8. The lowest BCUT2D eigenvalue weighted by atomic mass is 9.94. The van der Waals surface area contributed by atoms with Gasteiger partial charge in [0.05, 0.1) is 22.8 Å². The fourth-order valence-corrected chi connectivity index (χ4v) is 4.61. The highest BCUT2D eigenvalue weighted by atomic mass is 19.4. The molecule has 34 heavy (non-hydrogen) atoms.